The van der Waals surface area contributed by atoms with E-state index in [0.29, 0.717) is 19.3 Å². The average molecular weight is 315 g/mol. The van der Waals surface area contributed by atoms with Crippen LogP contribution in [0.15, 0.2) is 0 Å². The smallest absolute Gasteiger partial charge is 0.444 e. The van der Waals surface area contributed by atoms with Crippen LogP contribution in [0.5, 0.6) is 0 Å². The molecule has 3 atom stereocenters. The molecule has 0 bridgehead atoms. The average Bonchev–Trinajstić information content (AvgIpc) is 2.75. The molecule has 126 valence electrons. The fraction of sp³-hybridized carbons (Fsp3) is 0.800. The highest BCUT2D eigenvalue weighted by molar-refractivity contribution is 5.87. The third kappa shape index (κ3) is 3.76. The molecule has 0 aromatic heterocycles. The minimum absolute atomic E-state index is 0.266. The molecule has 0 aromatic carbocycles. The van der Waals surface area contributed by atoms with Crippen LogP contribution < -0.4 is 5.32 Å². The second-order valence-electron chi connectivity index (χ2n) is 6.81. The third-order valence-corrected chi connectivity index (χ3v) is 4.02. The van der Waals surface area contributed by atoms with Crippen LogP contribution in [0.4, 0.5) is 9.59 Å². The fourth-order valence-electron chi connectivity index (χ4n) is 2.85. The lowest BCUT2D eigenvalue weighted by atomic mass is 10.1. The second-order valence-corrected chi connectivity index (χ2v) is 6.81. The first-order valence-corrected chi connectivity index (χ1v) is 7.69. The largest absolute Gasteiger partial charge is 0.521 e. The Morgan fingerprint density at radius 2 is 1.95 bits per heavy atom. The quantitative estimate of drug-likeness (QED) is 0.781. The fourth-order valence-corrected chi connectivity index (χ4v) is 2.85. The highest BCUT2D eigenvalue weighted by Crippen LogP contribution is 2.29. The Morgan fingerprint density at radius 3 is 2.32 bits per heavy atom. The number of carbonyl (C=O) groups excluding carboxylic acids is 2. The van der Waals surface area contributed by atoms with Crippen LogP contribution in [-0.4, -0.2) is 51.9 Å². The molecule has 1 rings (SSSR count). The maximum Gasteiger partial charge on any atom is 0.521 e. The molecule has 1 saturated heterocycles. The summed E-state index contributed by atoms with van der Waals surface area (Å²) in [6, 6.07) is -1.16. The minimum Gasteiger partial charge on any atom is -0.444 e. The number of quaternary nitrogens is 1. The lowest BCUT2D eigenvalue weighted by molar-refractivity contribution is -0.793. The van der Waals surface area contributed by atoms with Crippen LogP contribution >= 0.6 is 0 Å². The molecule has 0 aliphatic carbocycles. The molecule has 1 aliphatic rings. The van der Waals surface area contributed by atoms with Crippen molar-refractivity contribution in [2.45, 2.75) is 71.6 Å². The van der Waals surface area contributed by atoms with Crippen molar-refractivity contribution in [2.75, 3.05) is 6.54 Å². The van der Waals surface area contributed by atoms with E-state index >= 15 is 0 Å². The molecular formula is C15H27N2O5+. The summed E-state index contributed by atoms with van der Waals surface area (Å²) >= 11 is 0. The van der Waals surface area contributed by atoms with Gasteiger partial charge in [0.15, 0.2) is 0 Å². The van der Waals surface area contributed by atoms with Gasteiger partial charge in [-0.2, -0.15) is 9.28 Å². The standard InChI is InChI=1S/C15H26N2O5/c1-6-11(16-13(19)22-15(3,4)5)12(18)17(14(20)21)9-7-8-10(17)2/h10-11H,6-9H2,1-5H3,(H-,16,19,20,21)/p+1/t10-,11+,17?/m1/s1. The molecule has 1 unspecified atom stereocenters. The first-order chi connectivity index (χ1) is 10.0. The van der Waals surface area contributed by atoms with Gasteiger partial charge in [-0.25, -0.2) is 9.59 Å². The molecule has 0 spiro atoms. The molecule has 1 aliphatic heterocycles. The van der Waals surface area contributed by atoms with Gasteiger partial charge in [0.25, 0.3) is 0 Å². The van der Waals surface area contributed by atoms with Gasteiger partial charge in [0.05, 0.1) is 6.54 Å². The van der Waals surface area contributed by atoms with E-state index in [0.717, 1.165) is 0 Å². The number of imide groups is 1. The lowest BCUT2D eigenvalue weighted by Gasteiger charge is -2.32. The molecule has 1 fully saturated rings. The van der Waals surface area contributed by atoms with Crippen LogP contribution in [0.25, 0.3) is 0 Å². The predicted octanol–water partition coefficient (Wildman–Crippen LogP) is 2.49. The molecular weight excluding hydrogens is 288 g/mol. The SMILES string of the molecule is CC[C@H](NC(=O)OC(C)(C)C)C(=O)[N+]1(C(=O)O)CCC[C@H]1C. The highest BCUT2D eigenvalue weighted by Gasteiger charge is 2.55. The van der Waals surface area contributed by atoms with Crippen molar-refractivity contribution in [1.29, 1.82) is 0 Å². The van der Waals surface area contributed by atoms with E-state index in [1.165, 1.54) is 0 Å². The number of nitrogens with one attached hydrogen (secondary N) is 1. The molecule has 0 aromatic rings. The molecule has 0 radical (unpaired) electrons. The van der Waals surface area contributed by atoms with Crippen molar-refractivity contribution in [3.63, 3.8) is 0 Å². The zero-order valence-corrected chi connectivity index (χ0v) is 14.0. The number of nitrogens with zero attached hydrogens (tertiary/aromatic N) is 1. The van der Waals surface area contributed by atoms with Crippen molar-refractivity contribution in [2.24, 2.45) is 0 Å². The van der Waals surface area contributed by atoms with Gasteiger partial charge in [0, 0.05) is 12.8 Å². The molecule has 1 heterocycles. The van der Waals surface area contributed by atoms with E-state index in [-0.39, 0.29) is 12.6 Å². The van der Waals surface area contributed by atoms with E-state index in [2.05, 4.69) is 5.32 Å². The van der Waals surface area contributed by atoms with E-state index < -0.39 is 34.2 Å². The van der Waals surface area contributed by atoms with Gasteiger partial charge >= 0.3 is 18.1 Å². The van der Waals surface area contributed by atoms with Gasteiger partial charge in [-0.15, -0.1) is 0 Å². The maximum absolute atomic E-state index is 12.8. The first kappa shape index (κ1) is 18.4. The summed E-state index contributed by atoms with van der Waals surface area (Å²) < 4.78 is 4.53. The van der Waals surface area contributed by atoms with Crippen molar-refractivity contribution >= 4 is 18.1 Å². The first-order valence-electron chi connectivity index (χ1n) is 7.69. The lowest BCUT2D eigenvalue weighted by Crippen LogP contribution is -2.64. The molecule has 22 heavy (non-hydrogen) atoms. The van der Waals surface area contributed by atoms with Crippen LogP contribution in [-0.2, 0) is 9.53 Å². The Morgan fingerprint density at radius 1 is 1.36 bits per heavy atom. The van der Waals surface area contributed by atoms with Gasteiger partial charge < -0.3 is 15.2 Å². The summed E-state index contributed by atoms with van der Waals surface area (Å²) in [4.78, 5) is 36.4. The Kier molecular flexibility index (Phi) is 5.56. The highest BCUT2D eigenvalue weighted by atomic mass is 16.6. The number of hydrogen-bond donors (Lipinski definition) is 2. The van der Waals surface area contributed by atoms with Crippen molar-refractivity contribution in [3.05, 3.63) is 0 Å². The molecule has 3 amide bonds. The van der Waals surface area contributed by atoms with E-state index in [4.69, 9.17) is 4.74 Å². The van der Waals surface area contributed by atoms with Gasteiger partial charge in [-0.05, 0) is 34.1 Å². The van der Waals surface area contributed by atoms with Crippen molar-refractivity contribution in [1.82, 2.24) is 5.32 Å². The Labute approximate surface area is 131 Å². The van der Waals surface area contributed by atoms with Gasteiger partial charge in [-0.1, -0.05) is 6.92 Å². The van der Waals surface area contributed by atoms with Crippen LogP contribution in [0.3, 0.4) is 0 Å². The zero-order valence-electron chi connectivity index (χ0n) is 14.0. The topological polar surface area (TPSA) is 92.7 Å². The Balaban J connectivity index is 2.92. The number of carbonyl (C=O) groups is 3. The normalized spacial score (nSPS) is 26.3. The third-order valence-electron chi connectivity index (χ3n) is 4.02. The Bertz CT molecular complexity index is 457. The number of rotatable bonds is 3. The zero-order chi connectivity index (χ0) is 17.1. The summed E-state index contributed by atoms with van der Waals surface area (Å²) in [5.41, 5.74) is -0.675. The molecule has 2 N–H and O–H groups in total. The number of amides is 3. The minimum atomic E-state index is -1.15. The van der Waals surface area contributed by atoms with Crippen molar-refractivity contribution in [3.8, 4) is 0 Å². The molecule has 7 nitrogen and oxygen atoms in total. The van der Waals surface area contributed by atoms with E-state index in [1.54, 1.807) is 34.6 Å². The van der Waals surface area contributed by atoms with Gasteiger partial charge in [0.2, 0.25) is 0 Å². The number of hydrogen-bond acceptors (Lipinski definition) is 4. The Hall–Kier alpha value is -1.63. The maximum atomic E-state index is 12.8. The summed E-state index contributed by atoms with van der Waals surface area (Å²) in [6.07, 6.45) is -0.177. The van der Waals surface area contributed by atoms with Gasteiger partial charge in [0.1, 0.15) is 17.7 Å². The van der Waals surface area contributed by atoms with Crippen LogP contribution in [0, 0.1) is 0 Å². The summed E-state index contributed by atoms with van der Waals surface area (Å²) in [7, 11) is 0. The van der Waals surface area contributed by atoms with E-state index in [9.17, 15) is 19.5 Å². The van der Waals surface area contributed by atoms with Crippen LogP contribution in [0.2, 0.25) is 0 Å². The number of alkyl carbamates (subject to hydrolysis) is 1. The number of carboxylic acid groups (broad SMARTS) is 1. The molecule has 7 heteroatoms. The van der Waals surface area contributed by atoms with Gasteiger partial charge in [-0.3, -0.25) is 0 Å². The summed E-state index contributed by atoms with van der Waals surface area (Å²) in [5, 5.41) is 12.1. The second kappa shape index (κ2) is 6.64. The van der Waals surface area contributed by atoms with E-state index in [1.807, 2.05) is 0 Å². The van der Waals surface area contributed by atoms with Crippen LogP contribution in [0.1, 0.15) is 53.9 Å². The summed E-state index contributed by atoms with van der Waals surface area (Å²) in [6.45, 7) is 8.94. The number of ether oxygens (including phenoxy) is 1. The molecule has 0 saturated carbocycles. The van der Waals surface area contributed by atoms with Crippen molar-refractivity contribution < 1.29 is 28.7 Å². The monoisotopic (exact) mass is 315 g/mol. The number of likely N-dealkylation sites (tertiary alicyclic amines) is 1. The summed E-state index contributed by atoms with van der Waals surface area (Å²) in [5.74, 6) is -0.481. The predicted molar refractivity (Wildman–Crippen MR) is 80.3 cm³/mol.